The Kier molecular flexibility index (Phi) is 3.16. The lowest BCUT2D eigenvalue weighted by Gasteiger charge is -2.27. The molecule has 3 rings (SSSR count). The molecule has 6 heteroatoms. The first-order valence-corrected chi connectivity index (χ1v) is 6.37. The summed E-state index contributed by atoms with van der Waals surface area (Å²) in [6.07, 6.45) is 0. The lowest BCUT2D eigenvalue weighted by Crippen LogP contribution is -2.44. The van der Waals surface area contributed by atoms with Crippen LogP contribution in [0.3, 0.4) is 0 Å². The van der Waals surface area contributed by atoms with Crippen molar-refractivity contribution in [2.45, 2.75) is 0 Å². The summed E-state index contributed by atoms with van der Waals surface area (Å²) in [6, 6.07) is 6.43. The quantitative estimate of drug-likeness (QED) is 0.877. The van der Waals surface area contributed by atoms with E-state index in [1.54, 1.807) is 6.07 Å². The number of nitrogens with zero attached hydrogens (tertiary/aromatic N) is 4. The Morgan fingerprint density at radius 2 is 2.00 bits per heavy atom. The highest BCUT2D eigenvalue weighted by Crippen LogP contribution is 2.22. The summed E-state index contributed by atoms with van der Waals surface area (Å²) < 4.78 is 15.2. The van der Waals surface area contributed by atoms with Crippen LogP contribution < -0.4 is 10.2 Å². The minimum absolute atomic E-state index is 0.260. The molecule has 1 fully saturated rings. The molecule has 19 heavy (non-hydrogen) atoms. The van der Waals surface area contributed by atoms with Crippen molar-refractivity contribution in [1.29, 1.82) is 0 Å². The summed E-state index contributed by atoms with van der Waals surface area (Å²) >= 11 is 0. The number of halogens is 1. The van der Waals surface area contributed by atoms with E-state index in [9.17, 15) is 4.39 Å². The maximum atomic E-state index is 13.3. The molecule has 1 aliphatic heterocycles. The summed E-state index contributed by atoms with van der Waals surface area (Å²) in [5.41, 5.74) is 0.747. The Hall–Kier alpha value is -1.95. The number of rotatable bonds is 2. The smallest absolute Gasteiger partial charge is 0.227 e. The number of nitrogens with one attached hydrogen (secondary N) is 1. The number of piperazine rings is 1. The number of benzene rings is 1. The van der Waals surface area contributed by atoms with Gasteiger partial charge in [-0.3, -0.25) is 4.57 Å². The van der Waals surface area contributed by atoms with Crippen molar-refractivity contribution in [3.8, 4) is 11.4 Å². The molecule has 0 radical (unpaired) electrons. The molecule has 1 aromatic heterocycles. The van der Waals surface area contributed by atoms with Gasteiger partial charge in [-0.1, -0.05) is 12.1 Å². The fourth-order valence-electron chi connectivity index (χ4n) is 2.34. The Morgan fingerprint density at radius 3 is 2.74 bits per heavy atom. The summed E-state index contributed by atoms with van der Waals surface area (Å²) in [4.78, 5) is 2.19. The SMILES string of the molecule is Cn1c(-c2cccc(F)c2)nnc1N1CCNCC1. The Morgan fingerprint density at radius 1 is 1.21 bits per heavy atom. The zero-order valence-corrected chi connectivity index (χ0v) is 10.8. The monoisotopic (exact) mass is 261 g/mol. The largest absolute Gasteiger partial charge is 0.338 e. The van der Waals surface area contributed by atoms with Gasteiger partial charge < -0.3 is 10.2 Å². The van der Waals surface area contributed by atoms with Gasteiger partial charge in [-0.2, -0.15) is 0 Å². The molecule has 0 amide bonds. The van der Waals surface area contributed by atoms with Gasteiger partial charge in [0.15, 0.2) is 5.82 Å². The number of hydrogen-bond acceptors (Lipinski definition) is 4. The van der Waals surface area contributed by atoms with E-state index in [0.29, 0.717) is 5.82 Å². The van der Waals surface area contributed by atoms with Crippen LogP contribution in [0.1, 0.15) is 0 Å². The van der Waals surface area contributed by atoms with Gasteiger partial charge in [0.1, 0.15) is 5.82 Å². The first-order chi connectivity index (χ1) is 9.25. The lowest BCUT2D eigenvalue weighted by atomic mass is 10.2. The first-order valence-electron chi connectivity index (χ1n) is 6.37. The molecule has 0 unspecified atom stereocenters. The zero-order chi connectivity index (χ0) is 13.2. The van der Waals surface area contributed by atoms with E-state index in [1.807, 2.05) is 17.7 Å². The summed E-state index contributed by atoms with van der Waals surface area (Å²) in [6.45, 7) is 3.72. The normalized spacial score (nSPS) is 15.8. The third-order valence-corrected chi connectivity index (χ3v) is 3.33. The van der Waals surface area contributed by atoms with Gasteiger partial charge in [-0.05, 0) is 12.1 Å². The Bertz CT molecular complexity index is 574. The molecule has 0 saturated carbocycles. The molecule has 5 nitrogen and oxygen atoms in total. The third-order valence-electron chi connectivity index (χ3n) is 3.33. The summed E-state index contributed by atoms with van der Waals surface area (Å²) in [7, 11) is 1.91. The predicted octanol–water partition coefficient (Wildman–Crippen LogP) is 1.03. The number of aromatic nitrogens is 3. The van der Waals surface area contributed by atoms with Crippen molar-refractivity contribution in [1.82, 2.24) is 20.1 Å². The predicted molar refractivity (Wildman–Crippen MR) is 71.5 cm³/mol. The average molecular weight is 261 g/mol. The van der Waals surface area contributed by atoms with Crippen molar-refractivity contribution in [3.05, 3.63) is 30.1 Å². The van der Waals surface area contributed by atoms with Crippen LogP contribution in [0, 0.1) is 5.82 Å². The van der Waals surface area contributed by atoms with Crippen LogP contribution in [0.5, 0.6) is 0 Å². The van der Waals surface area contributed by atoms with Gasteiger partial charge in [0, 0.05) is 38.8 Å². The average Bonchev–Trinajstić information content (AvgIpc) is 2.81. The molecule has 1 aromatic carbocycles. The van der Waals surface area contributed by atoms with E-state index < -0.39 is 0 Å². The second-order valence-corrected chi connectivity index (χ2v) is 4.63. The van der Waals surface area contributed by atoms with Gasteiger partial charge in [-0.25, -0.2) is 4.39 Å². The molecule has 2 heterocycles. The molecule has 2 aromatic rings. The van der Waals surface area contributed by atoms with E-state index >= 15 is 0 Å². The zero-order valence-electron chi connectivity index (χ0n) is 10.8. The number of hydrogen-bond donors (Lipinski definition) is 1. The third kappa shape index (κ3) is 2.31. The van der Waals surface area contributed by atoms with E-state index in [1.165, 1.54) is 12.1 Å². The highest BCUT2D eigenvalue weighted by atomic mass is 19.1. The Labute approximate surface area is 111 Å². The fraction of sp³-hybridized carbons (Fsp3) is 0.385. The minimum atomic E-state index is -0.260. The van der Waals surface area contributed by atoms with Crippen LogP contribution in [-0.2, 0) is 7.05 Å². The maximum Gasteiger partial charge on any atom is 0.227 e. The summed E-state index contributed by atoms with van der Waals surface area (Å²) in [5, 5.41) is 11.7. The van der Waals surface area contributed by atoms with Crippen LogP contribution in [0.2, 0.25) is 0 Å². The second-order valence-electron chi connectivity index (χ2n) is 4.63. The molecule has 0 spiro atoms. The molecule has 0 bridgehead atoms. The number of anilines is 1. The van der Waals surface area contributed by atoms with Crippen LogP contribution in [-0.4, -0.2) is 40.9 Å². The van der Waals surface area contributed by atoms with Crippen LogP contribution in [0.15, 0.2) is 24.3 Å². The lowest BCUT2D eigenvalue weighted by molar-refractivity contribution is 0.573. The molecule has 1 aliphatic rings. The van der Waals surface area contributed by atoms with Crippen molar-refractivity contribution in [2.24, 2.45) is 7.05 Å². The van der Waals surface area contributed by atoms with Gasteiger partial charge in [0.2, 0.25) is 5.95 Å². The van der Waals surface area contributed by atoms with E-state index in [-0.39, 0.29) is 5.82 Å². The molecule has 0 aliphatic carbocycles. The van der Waals surface area contributed by atoms with E-state index in [4.69, 9.17) is 0 Å². The van der Waals surface area contributed by atoms with Crippen LogP contribution in [0.4, 0.5) is 10.3 Å². The molecule has 1 saturated heterocycles. The highest BCUT2D eigenvalue weighted by Gasteiger charge is 2.18. The van der Waals surface area contributed by atoms with E-state index in [2.05, 4.69) is 20.4 Å². The molecule has 1 N–H and O–H groups in total. The van der Waals surface area contributed by atoms with Gasteiger partial charge in [0.25, 0.3) is 0 Å². The summed E-state index contributed by atoms with van der Waals surface area (Å²) in [5.74, 6) is 1.26. The first kappa shape index (κ1) is 12.1. The van der Waals surface area contributed by atoms with Crippen LogP contribution in [0.25, 0.3) is 11.4 Å². The Balaban J connectivity index is 1.94. The van der Waals surface area contributed by atoms with Gasteiger partial charge >= 0.3 is 0 Å². The fourth-order valence-corrected chi connectivity index (χ4v) is 2.34. The van der Waals surface area contributed by atoms with Crippen molar-refractivity contribution < 1.29 is 4.39 Å². The van der Waals surface area contributed by atoms with Crippen molar-refractivity contribution >= 4 is 5.95 Å². The van der Waals surface area contributed by atoms with Crippen LogP contribution >= 0.6 is 0 Å². The maximum absolute atomic E-state index is 13.3. The highest BCUT2D eigenvalue weighted by molar-refractivity contribution is 5.57. The van der Waals surface area contributed by atoms with E-state index in [0.717, 1.165) is 37.7 Å². The molecular formula is C13H16FN5. The molecular weight excluding hydrogens is 245 g/mol. The van der Waals surface area contributed by atoms with Crippen molar-refractivity contribution in [2.75, 3.05) is 31.1 Å². The van der Waals surface area contributed by atoms with Crippen molar-refractivity contribution in [3.63, 3.8) is 0 Å². The topological polar surface area (TPSA) is 46.0 Å². The molecule has 0 atom stereocenters. The molecule has 100 valence electrons. The standard InChI is InChI=1S/C13H16FN5/c1-18-12(10-3-2-4-11(14)9-10)16-17-13(18)19-7-5-15-6-8-19/h2-4,9,15H,5-8H2,1H3. The van der Waals surface area contributed by atoms with Gasteiger partial charge in [-0.15, -0.1) is 10.2 Å². The minimum Gasteiger partial charge on any atom is -0.338 e. The van der Waals surface area contributed by atoms with Gasteiger partial charge in [0.05, 0.1) is 0 Å². The second kappa shape index (κ2) is 4.97.